The number of ether oxygens (including phenoxy) is 1. The van der Waals surface area contributed by atoms with Gasteiger partial charge < -0.3 is 31.1 Å². The number of nitrogens with one attached hydrogen (secondary N) is 1. The van der Waals surface area contributed by atoms with Crippen molar-refractivity contribution in [2.24, 2.45) is 5.73 Å². The van der Waals surface area contributed by atoms with Gasteiger partial charge in [-0.25, -0.2) is 4.79 Å². The zero-order valence-electron chi connectivity index (χ0n) is 10.8. The van der Waals surface area contributed by atoms with E-state index in [0.717, 1.165) is 4.90 Å². The number of rotatable bonds is 2. The van der Waals surface area contributed by atoms with Crippen LogP contribution in [0.2, 0.25) is 0 Å². The van der Waals surface area contributed by atoms with Crippen molar-refractivity contribution in [3.63, 3.8) is 0 Å². The summed E-state index contributed by atoms with van der Waals surface area (Å²) in [7, 11) is 0. The zero-order chi connectivity index (χ0) is 14.4. The number of nitrogens with zero attached hydrogens (tertiary/aromatic N) is 1. The highest BCUT2D eigenvalue weighted by molar-refractivity contribution is 5.78. The third kappa shape index (κ3) is 2.33. The second kappa shape index (κ2) is 4.73. The van der Waals surface area contributed by atoms with Crippen molar-refractivity contribution >= 4 is 6.03 Å². The topological polar surface area (TPSA) is 128 Å². The predicted octanol–water partition coefficient (Wildman–Crippen LogP) is -1.97. The molecule has 108 valence electrons. The van der Waals surface area contributed by atoms with E-state index >= 15 is 0 Å². The molecule has 0 aromatic heterocycles. The first-order valence-corrected chi connectivity index (χ1v) is 5.98. The zero-order valence-corrected chi connectivity index (χ0v) is 10.8. The minimum atomic E-state index is -1.30. The Labute approximate surface area is 110 Å². The van der Waals surface area contributed by atoms with E-state index in [1.165, 1.54) is 6.20 Å². The van der Waals surface area contributed by atoms with Crippen molar-refractivity contribution < 1.29 is 24.9 Å². The summed E-state index contributed by atoms with van der Waals surface area (Å²) in [6, 6.07) is -0.537. The molecule has 2 aliphatic rings. The maximum Gasteiger partial charge on any atom is 0.325 e. The van der Waals surface area contributed by atoms with Gasteiger partial charge >= 0.3 is 6.03 Å². The molecule has 5 atom stereocenters. The average Bonchev–Trinajstić information content (AvgIpc) is 2.61. The fourth-order valence-electron chi connectivity index (χ4n) is 2.09. The standard InChI is InChI=1S/C11H19N3O5/c1-5-3-14(10(18)13-11(5,2)12)9-8(17)7(16)6(4-15)19-9/h3,6-9,15-17H,4,12H2,1-2H3,(H,13,18)/t6-,7-,8-,9-,11?/m1/s1. The van der Waals surface area contributed by atoms with Gasteiger partial charge in [-0.3, -0.25) is 4.90 Å². The number of aliphatic hydroxyl groups is 3. The Morgan fingerprint density at radius 3 is 2.68 bits per heavy atom. The van der Waals surface area contributed by atoms with Gasteiger partial charge in [-0.15, -0.1) is 0 Å². The van der Waals surface area contributed by atoms with E-state index in [1.807, 2.05) is 0 Å². The highest BCUT2D eigenvalue weighted by atomic mass is 16.6. The number of amides is 2. The predicted molar refractivity (Wildman–Crippen MR) is 64.5 cm³/mol. The second-order valence-electron chi connectivity index (χ2n) is 5.08. The molecule has 19 heavy (non-hydrogen) atoms. The van der Waals surface area contributed by atoms with E-state index < -0.39 is 42.8 Å². The minimum Gasteiger partial charge on any atom is -0.394 e. The van der Waals surface area contributed by atoms with E-state index in [2.05, 4.69) is 5.32 Å². The van der Waals surface area contributed by atoms with Crippen LogP contribution in [-0.2, 0) is 4.74 Å². The van der Waals surface area contributed by atoms with Crippen LogP contribution in [0, 0.1) is 0 Å². The smallest absolute Gasteiger partial charge is 0.325 e. The normalized spacial score (nSPS) is 43.2. The van der Waals surface area contributed by atoms with Crippen molar-refractivity contribution in [1.29, 1.82) is 0 Å². The quantitative estimate of drug-likeness (QED) is 0.397. The van der Waals surface area contributed by atoms with E-state index in [9.17, 15) is 15.0 Å². The summed E-state index contributed by atoms with van der Waals surface area (Å²) in [4.78, 5) is 13.1. The van der Waals surface area contributed by atoms with Crippen LogP contribution in [0.4, 0.5) is 4.79 Å². The van der Waals surface area contributed by atoms with E-state index in [4.69, 9.17) is 15.6 Å². The molecule has 0 saturated carbocycles. The third-order valence-electron chi connectivity index (χ3n) is 3.54. The second-order valence-corrected chi connectivity index (χ2v) is 5.08. The molecular weight excluding hydrogens is 254 g/mol. The van der Waals surface area contributed by atoms with Gasteiger partial charge in [-0.1, -0.05) is 0 Å². The largest absolute Gasteiger partial charge is 0.394 e. The fraction of sp³-hybridized carbons (Fsp3) is 0.727. The monoisotopic (exact) mass is 273 g/mol. The van der Waals surface area contributed by atoms with Crippen LogP contribution < -0.4 is 11.1 Å². The first kappa shape index (κ1) is 14.2. The van der Waals surface area contributed by atoms with Gasteiger partial charge in [0.2, 0.25) is 0 Å². The lowest BCUT2D eigenvalue weighted by Crippen LogP contribution is -2.63. The van der Waals surface area contributed by atoms with Crippen LogP contribution in [-0.4, -0.2) is 63.1 Å². The number of nitrogens with two attached hydrogens (primary N) is 1. The van der Waals surface area contributed by atoms with Gasteiger partial charge in [0.05, 0.1) is 6.61 Å². The van der Waals surface area contributed by atoms with E-state index in [1.54, 1.807) is 13.8 Å². The lowest BCUT2D eigenvalue weighted by molar-refractivity contribution is -0.0672. The van der Waals surface area contributed by atoms with Crippen molar-refractivity contribution in [3.05, 3.63) is 11.8 Å². The summed E-state index contributed by atoms with van der Waals surface area (Å²) < 4.78 is 5.29. The van der Waals surface area contributed by atoms with Gasteiger partial charge in [0.1, 0.15) is 24.0 Å². The lowest BCUT2D eigenvalue weighted by atomic mass is 10.0. The van der Waals surface area contributed by atoms with Crippen molar-refractivity contribution in [1.82, 2.24) is 10.2 Å². The summed E-state index contributed by atoms with van der Waals surface area (Å²) in [5.41, 5.74) is 5.57. The molecule has 6 N–H and O–H groups in total. The number of aliphatic hydroxyl groups excluding tert-OH is 3. The highest BCUT2D eigenvalue weighted by Crippen LogP contribution is 2.27. The Bertz CT molecular complexity index is 411. The maximum atomic E-state index is 11.9. The Morgan fingerprint density at radius 1 is 1.53 bits per heavy atom. The van der Waals surface area contributed by atoms with Gasteiger partial charge in [-0.2, -0.15) is 0 Å². The van der Waals surface area contributed by atoms with Crippen LogP contribution in [0.25, 0.3) is 0 Å². The van der Waals surface area contributed by atoms with Gasteiger partial charge in [0, 0.05) is 6.20 Å². The van der Waals surface area contributed by atoms with Crippen LogP contribution in [0.3, 0.4) is 0 Å². The van der Waals surface area contributed by atoms with Crippen LogP contribution >= 0.6 is 0 Å². The first-order chi connectivity index (χ1) is 8.77. The number of urea groups is 1. The molecule has 2 amide bonds. The minimum absolute atomic E-state index is 0.443. The Morgan fingerprint density at radius 2 is 2.16 bits per heavy atom. The SMILES string of the molecule is CC1=CN([C@@H]2O[C@H](CO)[C@@H](O)[C@H]2O)C(=O)NC1(C)N. The third-order valence-corrected chi connectivity index (χ3v) is 3.54. The molecule has 2 heterocycles. The van der Waals surface area contributed by atoms with Crippen LogP contribution in [0.1, 0.15) is 13.8 Å². The molecule has 2 aliphatic heterocycles. The molecule has 8 heteroatoms. The molecule has 0 aliphatic carbocycles. The Balaban J connectivity index is 2.24. The van der Waals surface area contributed by atoms with Crippen LogP contribution in [0.15, 0.2) is 11.8 Å². The van der Waals surface area contributed by atoms with Crippen molar-refractivity contribution in [2.45, 2.75) is 44.1 Å². The molecular formula is C11H19N3O5. The van der Waals surface area contributed by atoms with E-state index in [-0.39, 0.29) is 0 Å². The molecule has 1 saturated heterocycles. The first-order valence-electron chi connectivity index (χ1n) is 5.98. The highest BCUT2D eigenvalue weighted by Gasteiger charge is 2.48. The fourth-order valence-corrected chi connectivity index (χ4v) is 2.09. The number of hydrogen-bond donors (Lipinski definition) is 5. The Kier molecular flexibility index (Phi) is 3.54. The molecule has 0 spiro atoms. The molecule has 0 bridgehead atoms. The lowest BCUT2D eigenvalue weighted by Gasteiger charge is -2.38. The average molecular weight is 273 g/mol. The van der Waals surface area contributed by atoms with Crippen LogP contribution in [0.5, 0.6) is 0 Å². The molecule has 0 aromatic carbocycles. The summed E-state index contributed by atoms with van der Waals surface area (Å²) in [6.07, 6.45) is -3.05. The summed E-state index contributed by atoms with van der Waals surface area (Å²) in [6.45, 7) is 2.93. The summed E-state index contributed by atoms with van der Waals surface area (Å²) >= 11 is 0. The number of carbonyl (C=O) groups is 1. The molecule has 0 radical (unpaired) electrons. The summed E-state index contributed by atoms with van der Waals surface area (Å²) in [5, 5.41) is 31.1. The molecule has 2 rings (SSSR count). The van der Waals surface area contributed by atoms with Gasteiger partial charge in [0.15, 0.2) is 6.23 Å². The molecule has 0 aromatic rings. The molecule has 1 fully saturated rings. The number of carbonyl (C=O) groups excluding carboxylic acids is 1. The number of hydrogen-bond acceptors (Lipinski definition) is 6. The molecule has 8 nitrogen and oxygen atoms in total. The van der Waals surface area contributed by atoms with E-state index in [0.29, 0.717) is 5.57 Å². The van der Waals surface area contributed by atoms with Crippen molar-refractivity contribution in [3.8, 4) is 0 Å². The Hall–Kier alpha value is -1.19. The van der Waals surface area contributed by atoms with Gasteiger partial charge in [-0.05, 0) is 19.4 Å². The molecule has 1 unspecified atom stereocenters. The van der Waals surface area contributed by atoms with Gasteiger partial charge in [0.25, 0.3) is 0 Å². The summed E-state index contributed by atoms with van der Waals surface area (Å²) in [5.74, 6) is 0. The maximum absolute atomic E-state index is 11.9. The van der Waals surface area contributed by atoms with Crippen molar-refractivity contribution in [2.75, 3.05) is 6.61 Å².